The van der Waals surface area contributed by atoms with Gasteiger partial charge < -0.3 is 9.73 Å². The first-order valence-electron chi connectivity index (χ1n) is 7.68. The average molecular weight is 305 g/mol. The number of aryl methyl sites for hydroxylation is 1. The van der Waals surface area contributed by atoms with Crippen molar-refractivity contribution < 1.29 is 9.21 Å². The predicted molar refractivity (Wildman–Crippen MR) is 90.5 cm³/mol. The van der Waals surface area contributed by atoms with Crippen LogP contribution in [0.5, 0.6) is 0 Å². The highest BCUT2D eigenvalue weighted by Gasteiger charge is 2.17. The fourth-order valence-corrected chi connectivity index (χ4v) is 2.71. The molecule has 0 aliphatic carbocycles. The number of benzene rings is 2. The zero-order valence-electron chi connectivity index (χ0n) is 13.0. The topological polar surface area (TPSA) is 42.2 Å². The quantitative estimate of drug-likeness (QED) is 0.769. The minimum atomic E-state index is -0.104. The Labute approximate surface area is 136 Å². The van der Waals surface area contributed by atoms with Crippen LogP contribution in [0.3, 0.4) is 0 Å². The SMILES string of the molecule is Cc1occc1C(=O)NCC(c1ccccc1)c1ccccc1. The average Bonchev–Trinajstić information content (AvgIpc) is 3.03. The van der Waals surface area contributed by atoms with E-state index in [0.29, 0.717) is 17.9 Å². The standard InChI is InChI=1S/C20H19NO2/c1-15-18(12-13-23-15)20(22)21-14-19(16-8-4-2-5-9-16)17-10-6-3-7-11-17/h2-13,19H,14H2,1H3,(H,21,22). The maximum atomic E-state index is 12.3. The molecule has 23 heavy (non-hydrogen) atoms. The lowest BCUT2D eigenvalue weighted by Gasteiger charge is -2.18. The third kappa shape index (κ3) is 3.51. The van der Waals surface area contributed by atoms with E-state index in [9.17, 15) is 4.79 Å². The summed E-state index contributed by atoms with van der Waals surface area (Å²) >= 11 is 0. The molecule has 3 heteroatoms. The molecule has 0 spiro atoms. The largest absolute Gasteiger partial charge is 0.469 e. The summed E-state index contributed by atoms with van der Waals surface area (Å²) in [7, 11) is 0. The number of nitrogens with one attached hydrogen (secondary N) is 1. The van der Waals surface area contributed by atoms with E-state index >= 15 is 0 Å². The van der Waals surface area contributed by atoms with Crippen molar-refractivity contribution in [3.63, 3.8) is 0 Å². The molecule has 0 unspecified atom stereocenters. The number of hydrogen-bond donors (Lipinski definition) is 1. The second-order valence-electron chi connectivity index (χ2n) is 5.47. The first-order chi connectivity index (χ1) is 11.3. The molecule has 1 amide bonds. The van der Waals surface area contributed by atoms with Crippen molar-refractivity contribution in [2.24, 2.45) is 0 Å². The Morgan fingerprint density at radius 2 is 1.52 bits per heavy atom. The number of carbonyl (C=O) groups excluding carboxylic acids is 1. The Bertz CT molecular complexity index is 723. The molecule has 116 valence electrons. The minimum absolute atomic E-state index is 0.104. The minimum Gasteiger partial charge on any atom is -0.469 e. The fraction of sp³-hybridized carbons (Fsp3) is 0.150. The Morgan fingerprint density at radius 1 is 0.957 bits per heavy atom. The van der Waals surface area contributed by atoms with Gasteiger partial charge in [-0.3, -0.25) is 4.79 Å². The summed E-state index contributed by atoms with van der Waals surface area (Å²) in [5.74, 6) is 0.653. The third-order valence-corrected chi connectivity index (χ3v) is 3.97. The predicted octanol–water partition coefficient (Wildman–Crippen LogP) is 4.15. The van der Waals surface area contributed by atoms with Gasteiger partial charge in [-0.15, -0.1) is 0 Å². The summed E-state index contributed by atoms with van der Waals surface area (Å²) in [6, 6.07) is 22.1. The Hall–Kier alpha value is -2.81. The van der Waals surface area contributed by atoms with Gasteiger partial charge in [0.2, 0.25) is 0 Å². The van der Waals surface area contributed by atoms with E-state index in [1.807, 2.05) is 36.4 Å². The highest BCUT2D eigenvalue weighted by atomic mass is 16.3. The number of furan rings is 1. The monoisotopic (exact) mass is 305 g/mol. The number of rotatable bonds is 5. The summed E-state index contributed by atoms with van der Waals surface area (Å²) < 4.78 is 5.20. The van der Waals surface area contributed by atoms with Crippen LogP contribution in [0.4, 0.5) is 0 Å². The van der Waals surface area contributed by atoms with Gasteiger partial charge >= 0.3 is 0 Å². The van der Waals surface area contributed by atoms with Gasteiger partial charge in [-0.25, -0.2) is 0 Å². The zero-order chi connectivity index (χ0) is 16.1. The lowest BCUT2D eigenvalue weighted by atomic mass is 9.91. The van der Waals surface area contributed by atoms with Gasteiger partial charge in [0.25, 0.3) is 5.91 Å². The number of carbonyl (C=O) groups is 1. The van der Waals surface area contributed by atoms with E-state index in [1.165, 1.54) is 17.4 Å². The van der Waals surface area contributed by atoms with E-state index in [0.717, 1.165) is 0 Å². The Morgan fingerprint density at radius 3 is 2.00 bits per heavy atom. The van der Waals surface area contributed by atoms with Crippen molar-refractivity contribution in [3.8, 4) is 0 Å². The summed E-state index contributed by atoms with van der Waals surface area (Å²) in [5, 5.41) is 3.02. The molecule has 0 atom stereocenters. The van der Waals surface area contributed by atoms with Gasteiger partial charge in [-0.05, 0) is 24.1 Å². The number of amides is 1. The van der Waals surface area contributed by atoms with Crippen molar-refractivity contribution >= 4 is 5.91 Å². The molecule has 0 aliphatic rings. The molecular formula is C20H19NO2. The van der Waals surface area contributed by atoms with Crippen LogP contribution in [0.25, 0.3) is 0 Å². The van der Waals surface area contributed by atoms with Gasteiger partial charge in [0, 0.05) is 12.5 Å². The number of hydrogen-bond acceptors (Lipinski definition) is 2. The summed E-state index contributed by atoms with van der Waals surface area (Å²) in [6.45, 7) is 2.33. The molecule has 1 aromatic heterocycles. The van der Waals surface area contributed by atoms with Crippen molar-refractivity contribution in [1.29, 1.82) is 0 Å². The van der Waals surface area contributed by atoms with Gasteiger partial charge in [0.1, 0.15) is 5.76 Å². The van der Waals surface area contributed by atoms with E-state index in [2.05, 4.69) is 29.6 Å². The molecule has 3 nitrogen and oxygen atoms in total. The molecule has 0 fully saturated rings. The molecule has 0 saturated carbocycles. The van der Waals surface area contributed by atoms with Crippen molar-refractivity contribution in [2.75, 3.05) is 6.54 Å². The highest BCUT2D eigenvalue weighted by molar-refractivity contribution is 5.95. The first kappa shape index (κ1) is 15.1. The van der Waals surface area contributed by atoms with Crippen LogP contribution < -0.4 is 5.32 Å². The smallest absolute Gasteiger partial charge is 0.254 e. The molecule has 1 N–H and O–H groups in total. The second-order valence-corrected chi connectivity index (χ2v) is 5.47. The molecule has 0 radical (unpaired) electrons. The maximum Gasteiger partial charge on any atom is 0.254 e. The fourth-order valence-electron chi connectivity index (χ4n) is 2.71. The maximum absolute atomic E-state index is 12.3. The van der Waals surface area contributed by atoms with E-state index in [4.69, 9.17) is 4.42 Å². The Kier molecular flexibility index (Phi) is 4.57. The summed E-state index contributed by atoms with van der Waals surface area (Å²) in [5.41, 5.74) is 2.95. The van der Waals surface area contributed by atoms with Crippen LogP contribution in [-0.2, 0) is 0 Å². The lowest BCUT2D eigenvalue weighted by Crippen LogP contribution is -2.29. The third-order valence-electron chi connectivity index (χ3n) is 3.97. The van der Waals surface area contributed by atoms with Crippen LogP contribution in [0.1, 0.15) is 33.2 Å². The Balaban J connectivity index is 1.80. The zero-order valence-corrected chi connectivity index (χ0v) is 13.0. The molecule has 3 rings (SSSR count). The van der Waals surface area contributed by atoms with Gasteiger partial charge in [-0.1, -0.05) is 60.7 Å². The first-order valence-corrected chi connectivity index (χ1v) is 7.68. The second kappa shape index (κ2) is 6.97. The molecule has 2 aromatic carbocycles. The highest BCUT2D eigenvalue weighted by Crippen LogP contribution is 2.23. The van der Waals surface area contributed by atoms with E-state index in [1.54, 1.807) is 13.0 Å². The van der Waals surface area contributed by atoms with Gasteiger partial charge in [-0.2, -0.15) is 0 Å². The van der Waals surface area contributed by atoms with Crippen LogP contribution in [-0.4, -0.2) is 12.5 Å². The van der Waals surface area contributed by atoms with E-state index < -0.39 is 0 Å². The molecular weight excluding hydrogens is 286 g/mol. The summed E-state index contributed by atoms with van der Waals surface area (Å²) in [4.78, 5) is 12.3. The normalized spacial score (nSPS) is 10.7. The molecule has 3 aromatic rings. The van der Waals surface area contributed by atoms with Crippen molar-refractivity contribution in [2.45, 2.75) is 12.8 Å². The van der Waals surface area contributed by atoms with Crippen LogP contribution >= 0.6 is 0 Å². The van der Waals surface area contributed by atoms with Crippen molar-refractivity contribution in [1.82, 2.24) is 5.32 Å². The molecule has 0 aliphatic heterocycles. The van der Waals surface area contributed by atoms with Crippen molar-refractivity contribution in [3.05, 3.63) is 95.4 Å². The molecule has 1 heterocycles. The van der Waals surface area contributed by atoms with Crippen LogP contribution in [0, 0.1) is 6.92 Å². The van der Waals surface area contributed by atoms with Crippen LogP contribution in [0.15, 0.2) is 77.4 Å². The van der Waals surface area contributed by atoms with Crippen LogP contribution in [0.2, 0.25) is 0 Å². The van der Waals surface area contributed by atoms with Gasteiger partial charge in [0.15, 0.2) is 0 Å². The molecule has 0 saturated heterocycles. The lowest BCUT2D eigenvalue weighted by molar-refractivity contribution is 0.0951. The van der Waals surface area contributed by atoms with Gasteiger partial charge in [0.05, 0.1) is 11.8 Å². The molecule has 0 bridgehead atoms. The van der Waals surface area contributed by atoms with E-state index in [-0.39, 0.29) is 11.8 Å². The summed E-state index contributed by atoms with van der Waals surface area (Å²) in [6.07, 6.45) is 1.54.